The maximum atomic E-state index is 4.29. The fraction of sp³-hybridized carbons (Fsp3) is 0.462. The maximum absolute atomic E-state index is 4.29. The molecule has 1 nitrogen and oxygen atoms in total. The van der Waals surface area contributed by atoms with E-state index in [9.17, 15) is 0 Å². The SMILES string of the molecule is CCCP(C=Cc1ccccn1)CCC. The molecule has 0 N–H and O–H groups in total. The molecule has 0 aliphatic rings. The highest BCUT2D eigenvalue weighted by Crippen LogP contribution is 2.38. The minimum Gasteiger partial charge on any atom is -0.257 e. The van der Waals surface area contributed by atoms with Gasteiger partial charge in [-0.3, -0.25) is 4.98 Å². The lowest BCUT2D eigenvalue weighted by atomic mass is 10.3. The number of hydrogen-bond acceptors (Lipinski definition) is 1. The summed E-state index contributed by atoms with van der Waals surface area (Å²) < 4.78 is 0. The van der Waals surface area contributed by atoms with E-state index in [1.54, 1.807) is 0 Å². The van der Waals surface area contributed by atoms with E-state index in [4.69, 9.17) is 0 Å². The highest BCUT2D eigenvalue weighted by molar-refractivity contribution is 7.61. The molecule has 0 aromatic carbocycles. The van der Waals surface area contributed by atoms with Gasteiger partial charge in [0.05, 0.1) is 5.69 Å². The predicted molar refractivity (Wildman–Crippen MR) is 70.5 cm³/mol. The van der Waals surface area contributed by atoms with Gasteiger partial charge in [-0.05, 0) is 30.5 Å². The molecule has 1 heterocycles. The smallest absolute Gasteiger partial charge is 0.0630 e. The summed E-state index contributed by atoms with van der Waals surface area (Å²) in [7, 11) is 0.0949. The van der Waals surface area contributed by atoms with Crippen LogP contribution in [0, 0.1) is 0 Å². The van der Waals surface area contributed by atoms with Gasteiger partial charge in [0.2, 0.25) is 0 Å². The number of pyridine rings is 1. The third kappa shape index (κ3) is 5.09. The lowest BCUT2D eigenvalue weighted by Crippen LogP contribution is -1.85. The largest absolute Gasteiger partial charge is 0.257 e. The molecule has 0 unspecified atom stereocenters. The molecule has 2 heteroatoms. The molecule has 0 saturated heterocycles. The van der Waals surface area contributed by atoms with Crippen molar-refractivity contribution < 1.29 is 0 Å². The zero-order chi connectivity index (χ0) is 10.9. The van der Waals surface area contributed by atoms with Crippen molar-refractivity contribution in [3.63, 3.8) is 0 Å². The van der Waals surface area contributed by atoms with Crippen LogP contribution in [0.1, 0.15) is 32.4 Å². The monoisotopic (exact) mass is 221 g/mol. The Balaban J connectivity index is 2.53. The summed E-state index contributed by atoms with van der Waals surface area (Å²) in [5.74, 6) is 2.38. The Morgan fingerprint density at radius 3 is 2.47 bits per heavy atom. The van der Waals surface area contributed by atoms with Gasteiger partial charge in [-0.1, -0.05) is 46.5 Å². The first-order chi connectivity index (χ1) is 7.36. The average Bonchev–Trinajstić information content (AvgIpc) is 2.28. The second-order valence-electron chi connectivity index (χ2n) is 3.61. The van der Waals surface area contributed by atoms with E-state index in [0.29, 0.717) is 0 Å². The minimum absolute atomic E-state index is 0.0949. The van der Waals surface area contributed by atoms with Gasteiger partial charge in [0.15, 0.2) is 0 Å². The van der Waals surface area contributed by atoms with Crippen molar-refractivity contribution in [3.05, 3.63) is 35.9 Å². The second kappa shape index (κ2) is 7.59. The van der Waals surface area contributed by atoms with Crippen molar-refractivity contribution in [2.24, 2.45) is 0 Å². The Kier molecular flexibility index (Phi) is 6.27. The Morgan fingerprint density at radius 2 is 1.93 bits per heavy atom. The van der Waals surface area contributed by atoms with Crippen LogP contribution < -0.4 is 0 Å². The van der Waals surface area contributed by atoms with Gasteiger partial charge in [-0.15, -0.1) is 0 Å². The third-order valence-corrected chi connectivity index (χ3v) is 4.78. The maximum Gasteiger partial charge on any atom is 0.0630 e. The fourth-order valence-corrected chi connectivity index (χ4v) is 3.53. The van der Waals surface area contributed by atoms with Crippen molar-refractivity contribution in [2.75, 3.05) is 12.3 Å². The lowest BCUT2D eigenvalue weighted by Gasteiger charge is -2.10. The number of aromatic nitrogens is 1. The highest BCUT2D eigenvalue weighted by Gasteiger charge is 2.00. The van der Waals surface area contributed by atoms with Crippen molar-refractivity contribution in [1.29, 1.82) is 0 Å². The summed E-state index contributed by atoms with van der Waals surface area (Å²) in [6.45, 7) is 4.53. The van der Waals surface area contributed by atoms with Gasteiger partial charge < -0.3 is 0 Å². The summed E-state index contributed by atoms with van der Waals surface area (Å²) in [5, 5.41) is 0. The van der Waals surface area contributed by atoms with E-state index in [1.807, 2.05) is 18.3 Å². The van der Waals surface area contributed by atoms with Gasteiger partial charge in [-0.25, -0.2) is 0 Å². The van der Waals surface area contributed by atoms with Crippen LogP contribution >= 0.6 is 7.92 Å². The zero-order valence-electron chi connectivity index (χ0n) is 9.69. The van der Waals surface area contributed by atoms with Crippen LogP contribution in [-0.4, -0.2) is 17.3 Å². The Hall–Kier alpha value is -0.680. The van der Waals surface area contributed by atoms with Crippen LogP contribution in [0.5, 0.6) is 0 Å². The van der Waals surface area contributed by atoms with Crippen LogP contribution in [0.2, 0.25) is 0 Å². The summed E-state index contributed by atoms with van der Waals surface area (Å²) in [5.41, 5.74) is 1.08. The molecule has 0 aliphatic carbocycles. The summed E-state index contributed by atoms with van der Waals surface area (Å²) in [6.07, 6.45) is 9.31. The molecular formula is C13H20NP. The number of nitrogens with zero attached hydrogens (tertiary/aromatic N) is 1. The zero-order valence-corrected chi connectivity index (χ0v) is 10.6. The molecule has 15 heavy (non-hydrogen) atoms. The topological polar surface area (TPSA) is 12.9 Å². The Labute approximate surface area is 94.4 Å². The van der Waals surface area contributed by atoms with Crippen LogP contribution in [0.15, 0.2) is 30.2 Å². The van der Waals surface area contributed by atoms with Crippen LogP contribution in [0.3, 0.4) is 0 Å². The fourth-order valence-electron chi connectivity index (χ4n) is 1.49. The Morgan fingerprint density at radius 1 is 1.20 bits per heavy atom. The highest BCUT2D eigenvalue weighted by atomic mass is 31.1. The molecule has 0 radical (unpaired) electrons. The van der Waals surface area contributed by atoms with Crippen molar-refractivity contribution in [1.82, 2.24) is 4.98 Å². The van der Waals surface area contributed by atoms with Gasteiger partial charge in [0.1, 0.15) is 0 Å². The molecule has 0 spiro atoms. The third-order valence-electron chi connectivity index (χ3n) is 2.17. The van der Waals surface area contributed by atoms with Gasteiger partial charge >= 0.3 is 0 Å². The molecule has 1 aromatic rings. The van der Waals surface area contributed by atoms with E-state index in [2.05, 4.69) is 36.8 Å². The molecule has 0 saturated carbocycles. The summed E-state index contributed by atoms with van der Waals surface area (Å²) >= 11 is 0. The van der Waals surface area contributed by atoms with Crippen LogP contribution in [0.25, 0.3) is 6.08 Å². The molecule has 0 aliphatic heterocycles. The average molecular weight is 221 g/mol. The van der Waals surface area contributed by atoms with E-state index < -0.39 is 0 Å². The van der Waals surface area contributed by atoms with E-state index in [1.165, 1.54) is 25.2 Å². The molecule has 0 bridgehead atoms. The van der Waals surface area contributed by atoms with Gasteiger partial charge in [0, 0.05) is 6.20 Å². The summed E-state index contributed by atoms with van der Waals surface area (Å²) in [4.78, 5) is 4.29. The molecule has 0 amide bonds. The van der Waals surface area contributed by atoms with Crippen molar-refractivity contribution in [3.8, 4) is 0 Å². The first-order valence-corrected chi connectivity index (χ1v) is 7.48. The second-order valence-corrected chi connectivity index (χ2v) is 5.98. The van der Waals surface area contributed by atoms with Crippen LogP contribution in [-0.2, 0) is 0 Å². The predicted octanol–water partition coefficient (Wildman–Crippen LogP) is 4.35. The Bertz CT molecular complexity index is 276. The van der Waals surface area contributed by atoms with Crippen molar-refractivity contribution in [2.45, 2.75) is 26.7 Å². The molecular weight excluding hydrogens is 201 g/mol. The van der Waals surface area contributed by atoms with Gasteiger partial charge in [0.25, 0.3) is 0 Å². The molecule has 82 valence electrons. The number of rotatable bonds is 6. The number of hydrogen-bond donors (Lipinski definition) is 0. The van der Waals surface area contributed by atoms with Gasteiger partial charge in [-0.2, -0.15) is 0 Å². The van der Waals surface area contributed by atoms with E-state index >= 15 is 0 Å². The van der Waals surface area contributed by atoms with Crippen molar-refractivity contribution >= 4 is 14.0 Å². The lowest BCUT2D eigenvalue weighted by molar-refractivity contribution is 1.06. The normalized spacial score (nSPS) is 11.4. The molecule has 0 fully saturated rings. The van der Waals surface area contributed by atoms with Crippen LogP contribution in [0.4, 0.5) is 0 Å². The first-order valence-electron chi connectivity index (χ1n) is 5.70. The van der Waals surface area contributed by atoms with E-state index in [0.717, 1.165) is 5.69 Å². The quantitative estimate of drug-likeness (QED) is 0.650. The molecule has 0 atom stereocenters. The standard InChI is InChI=1S/C13H20NP/c1-3-10-15(11-4-2)12-8-13-7-5-6-9-14-13/h5-9,12H,3-4,10-11H2,1-2H3. The van der Waals surface area contributed by atoms with E-state index in [-0.39, 0.29) is 7.92 Å². The minimum atomic E-state index is 0.0949. The summed E-state index contributed by atoms with van der Waals surface area (Å²) in [6, 6.07) is 6.05. The molecule has 1 rings (SSSR count). The molecule has 1 aromatic heterocycles. The first kappa shape index (κ1) is 12.4.